The molecule has 0 saturated heterocycles. The van der Waals surface area contributed by atoms with Crippen LogP contribution in [0.15, 0.2) is 60.7 Å². The molecule has 0 radical (unpaired) electrons. The van der Waals surface area contributed by atoms with Gasteiger partial charge in [0, 0.05) is 22.8 Å². The average Bonchev–Trinajstić information content (AvgIpc) is 2.62. The zero-order chi connectivity index (χ0) is 18.5. The van der Waals surface area contributed by atoms with Crippen molar-refractivity contribution in [1.29, 1.82) is 0 Å². The number of ether oxygens (including phenoxy) is 1. The van der Waals surface area contributed by atoms with E-state index in [1.165, 1.54) is 11.6 Å². The van der Waals surface area contributed by atoms with Crippen molar-refractivity contribution in [2.24, 2.45) is 0 Å². The first-order chi connectivity index (χ1) is 12.5. The van der Waals surface area contributed by atoms with E-state index < -0.39 is 5.82 Å². The molecular weight excluding hydrogens is 372 g/mol. The second-order valence-electron chi connectivity index (χ2n) is 6.01. The predicted octanol–water partition coefficient (Wildman–Crippen LogP) is 6.63. The van der Waals surface area contributed by atoms with Gasteiger partial charge >= 0.3 is 0 Å². The molecule has 26 heavy (non-hydrogen) atoms. The predicted molar refractivity (Wildman–Crippen MR) is 106 cm³/mol. The zero-order valence-corrected chi connectivity index (χ0v) is 15.7. The molecule has 3 rings (SSSR count). The standard InChI is InChI=1S/C21H18Cl2FNO/c1-14-3-2-4-15(9-14)13-26-21-8-5-17(22)10-16(21)12-25-18-6-7-20(24)19(23)11-18/h2-11,25H,12-13H2,1H3. The van der Waals surface area contributed by atoms with Gasteiger partial charge in [0.1, 0.15) is 18.2 Å². The minimum Gasteiger partial charge on any atom is -0.489 e. The van der Waals surface area contributed by atoms with Crippen molar-refractivity contribution in [2.45, 2.75) is 20.1 Å². The van der Waals surface area contributed by atoms with Gasteiger partial charge in [0.25, 0.3) is 0 Å². The normalized spacial score (nSPS) is 10.6. The van der Waals surface area contributed by atoms with Crippen molar-refractivity contribution in [2.75, 3.05) is 5.32 Å². The smallest absolute Gasteiger partial charge is 0.141 e. The Bertz CT molecular complexity index is 914. The zero-order valence-electron chi connectivity index (χ0n) is 14.2. The fourth-order valence-electron chi connectivity index (χ4n) is 2.59. The van der Waals surface area contributed by atoms with Gasteiger partial charge in [-0.2, -0.15) is 0 Å². The fraction of sp³-hybridized carbons (Fsp3) is 0.143. The largest absolute Gasteiger partial charge is 0.489 e. The van der Waals surface area contributed by atoms with Gasteiger partial charge in [-0.05, 0) is 48.9 Å². The molecule has 0 atom stereocenters. The molecule has 2 nitrogen and oxygen atoms in total. The molecule has 0 aliphatic rings. The Hall–Kier alpha value is -2.23. The number of benzene rings is 3. The Balaban J connectivity index is 1.71. The lowest BCUT2D eigenvalue weighted by molar-refractivity contribution is 0.303. The Kier molecular flexibility index (Phi) is 6.02. The van der Waals surface area contributed by atoms with Crippen molar-refractivity contribution in [3.8, 4) is 5.75 Å². The molecule has 134 valence electrons. The molecule has 0 saturated carbocycles. The molecule has 3 aromatic rings. The molecule has 0 aliphatic heterocycles. The molecule has 0 heterocycles. The second kappa shape index (κ2) is 8.43. The third kappa shape index (κ3) is 4.90. The van der Waals surface area contributed by atoms with Gasteiger partial charge in [-0.1, -0.05) is 53.0 Å². The molecule has 0 bridgehead atoms. The van der Waals surface area contributed by atoms with Gasteiger partial charge in [-0.25, -0.2) is 4.39 Å². The van der Waals surface area contributed by atoms with E-state index in [1.807, 2.05) is 24.3 Å². The summed E-state index contributed by atoms with van der Waals surface area (Å²) in [6.45, 7) is 3.00. The van der Waals surface area contributed by atoms with Gasteiger partial charge in [0.15, 0.2) is 0 Å². The summed E-state index contributed by atoms with van der Waals surface area (Å²) in [6.07, 6.45) is 0. The number of nitrogens with one attached hydrogen (secondary N) is 1. The summed E-state index contributed by atoms with van der Waals surface area (Å²) in [4.78, 5) is 0. The van der Waals surface area contributed by atoms with E-state index >= 15 is 0 Å². The van der Waals surface area contributed by atoms with Crippen molar-refractivity contribution in [1.82, 2.24) is 0 Å². The Morgan fingerprint density at radius 2 is 1.85 bits per heavy atom. The van der Waals surface area contributed by atoms with Crippen LogP contribution >= 0.6 is 23.2 Å². The lowest BCUT2D eigenvalue weighted by Gasteiger charge is -2.14. The number of halogens is 3. The third-order valence-electron chi connectivity index (χ3n) is 3.90. The third-order valence-corrected chi connectivity index (χ3v) is 4.43. The van der Waals surface area contributed by atoms with E-state index in [9.17, 15) is 4.39 Å². The minimum absolute atomic E-state index is 0.0806. The van der Waals surface area contributed by atoms with Crippen LogP contribution < -0.4 is 10.1 Å². The molecule has 5 heteroatoms. The molecule has 0 unspecified atom stereocenters. The molecular formula is C21H18Cl2FNO. The van der Waals surface area contributed by atoms with Gasteiger partial charge in [0.05, 0.1) is 5.02 Å². The van der Waals surface area contributed by atoms with Crippen LogP contribution in [0, 0.1) is 12.7 Å². The van der Waals surface area contributed by atoms with Crippen LogP contribution in [-0.4, -0.2) is 0 Å². The molecule has 3 aromatic carbocycles. The SMILES string of the molecule is Cc1cccc(COc2ccc(Cl)cc2CNc2ccc(F)c(Cl)c2)c1. The van der Waals surface area contributed by atoms with E-state index in [-0.39, 0.29) is 5.02 Å². The van der Waals surface area contributed by atoms with Crippen LogP contribution in [0.3, 0.4) is 0 Å². The van der Waals surface area contributed by atoms with Crippen molar-refractivity contribution in [3.63, 3.8) is 0 Å². The Morgan fingerprint density at radius 1 is 1.00 bits per heavy atom. The highest BCUT2D eigenvalue weighted by molar-refractivity contribution is 6.31. The number of hydrogen-bond donors (Lipinski definition) is 1. The summed E-state index contributed by atoms with van der Waals surface area (Å²) in [5.41, 5.74) is 3.92. The van der Waals surface area contributed by atoms with Crippen molar-refractivity contribution >= 4 is 28.9 Å². The number of rotatable bonds is 6. The molecule has 0 amide bonds. The van der Waals surface area contributed by atoms with E-state index in [0.29, 0.717) is 18.2 Å². The highest BCUT2D eigenvalue weighted by Crippen LogP contribution is 2.26. The summed E-state index contributed by atoms with van der Waals surface area (Å²) in [5.74, 6) is 0.304. The maximum atomic E-state index is 13.3. The van der Waals surface area contributed by atoms with Gasteiger partial charge in [-0.3, -0.25) is 0 Å². The first kappa shape index (κ1) is 18.6. The molecule has 0 fully saturated rings. The summed E-state index contributed by atoms with van der Waals surface area (Å²) in [7, 11) is 0. The lowest BCUT2D eigenvalue weighted by atomic mass is 10.1. The topological polar surface area (TPSA) is 21.3 Å². The molecule has 0 spiro atoms. The summed E-state index contributed by atoms with van der Waals surface area (Å²) >= 11 is 12.0. The van der Waals surface area contributed by atoms with Crippen molar-refractivity contribution in [3.05, 3.63) is 93.2 Å². The monoisotopic (exact) mass is 389 g/mol. The van der Waals surface area contributed by atoms with E-state index in [2.05, 4.69) is 24.4 Å². The Morgan fingerprint density at radius 3 is 2.62 bits per heavy atom. The lowest BCUT2D eigenvalue weighted by Crippen LogP contribution is -2.04. The maximum absolute atomic E-state index is 13.3. The van der Waals surface area contributed by atoms with Crippen molar-refractivity contribution < 1.29 is 9.13 Å². The van der Waals surface area contributed by atoms with Gasteiger partial charge < -0.3 is 10.1 Å². The van der Waals surface area contributed by atoms with Crippen LogP contribution in [-0.2, 0) is 13.2 Å². The van der Waals surface area contributed by atoms with E-state index in [1.54, 1.807) is 18.2 Å². The first-order valence-corrected chi connectivity index (χ1v) is 8.92. The number of aryl methyl sites for hydroxylation is 1. The van der Waals surface area contributed by atoms with Crippen LogP contribution in [0.25, 0.3) is 0 Å². The quantitative estimate of drug-likeness (QED) is 0.510. The second-order valence-corrected chi connectivity index (χ2v) is 6.86. The molecule has 1 N–H and O–H groups in total. The minimum atomic E-state index is -0.442. The Labute approximate surface area is 162 Å². The fourth-order valence-corrected chi connectivity index (χ4v) is 2.97. The number of anilines is 1. The summed E-state index contributed by atoms with van der Waals surface area (Å²) < 4.78 is 19.3. The molecule has 0 aromatic heterocycles. The highest BCUT2D eigenvalue weighted by Gasteiger charge is 2.07. The summed E-state index contributed by atoms with van der Waals surface area (Å²) in [6, 6.07) is 18.2. The maximum Gasteiger partial charge on any atom is 0.141 e. The van der Waals surface area contributed by atoms with Crippen LogP contribution in [0.1, 0.15) is 16.7 Å². The number of hydrogen-bond acceptors (Lipinski definition) is 2. The van der Waals surface area contributed by atoms with Crippen LogP contribution in [0.5, 0.6) is 5.75 Å². The van der Waals surface area contributed by atoms with Gasteiger partial charge in [-0.15, -0.1) is 0 Å². The van der Waals surface area contributed by atoms with Crippen LogP contribution in [0.2, 0.25) is 10.0 Å². The first-order valence-electron chi connectivity index (χ1n) is 8.17. The highest BCUT2D eigenvalue weighted by atomic mass is 35.5. The van der Waals surface area contributed by atoms with E-state index in [4.69, 9.17) is 27.9 Å². The van der Waals surface area contributed by atoms with Crippen LogP contribution in [0.4, 0.5) is 10.1 Å². The average molecular weight is 390 g/mol. The summed E-state index contributed by atoms with van der Waals surface area (Å²) in [5, 5.41) is 3.92. The van der Waals surface area contributed by atoms with E-state index in [0.717, 1.165) is 22.6 Å². The molecule has 0 aliphatic carbocycles. The van der Waals surface area contributed by atoms with Gasteiger partial charge in [0.2, 0.25) is 0 Å².